The van der Waals surface area contributed by atoms with E-state index in [0.29, 0.717) is 28.4 Å². The maximum Gasteiger partial charge on any atom is 0.339 e. The quantitative estimate of drug-likeness (QED) is 0.716. The lowest BCUT2D eigenvalue weighted by Crippen LogP contribution is -2.37. The Morgan fingerprint density at radius 2 is 2.08 bits per heavy atom. The van der Waals surface area contributed by atoms with E-state index in [-0.39, 0.29) is 5.82 Å². The summed E-state index contributed by atoms with van der Waals surface area (Å²) in [7, 11) is 0. The second kappa shape index (κ2) is 6.68. The van der Waals surface area contributed by atoms with Gasteiger partial charge in [0.15, 0.2) is 11.2 Å². The maximum atomic E-state index is 13.3. The minimum atomic E-state index is -0.904. The molecule has 5 nitrogen and oxygen atoms in total. The van der Waals surface area contributed by atoms with Gasteiger partial charge in [-0.15, -0.1) is 11.3 Å². The molecule has 0 radical (unpaired) electrons. The van der Waals surface area contributed by atoms with Crippen LogP contribution in [0.15, 0.2) is 53.9 Å². The number of hydrogen-bond acceptors (Lipinski definition) is 5. The Bertz CT molecular complexity index is 1000. The summed E-state index contributed by atoms with van der Waals surface area (Å²) < 4.78 is 18.6. The Morgan fingerprint density at radius 1 is 1.23 bits per heavy atom. The average Bonchev–Trinajstić information content (AvgIpc) is 3.10. The van der Waals surface area contributed by atoms with Gasteiger partial charge in [-0.2, -0.15) is 0 Å². The van der Waals surface area contributed by atoms with Crippen LogP contribution in [0.25, 0.3) is 11.3 Å². The maximum absolute atomic E-state index is 13.3. The van der Waals surface area contributed by atoms with Gasteiger partial charge in [0.05, 0.1) is 11.3 Å². The number of rotatable bonds is 3. The summed E-state index contributed by atoms with van der Waals surface area (Å²) in [6.07, 6.45) is -0.588. The van der Waals surface area contributed by atoms with E-state index in [9.17, 15) is 14.0 Å². The van der Waals surface area contributed by atoms with Crippen molar-refractivity contribution in [2.45, 2.75) is 12.5 Å². The number of carbonyl (C=O) groups is 2. The van der Waals surface area contributed by atoms with Gasteiger partial charge in [-0.3, -0.25) is 10.1 Å². The van der Waals surface area contributed by atoms with E-state index in [0.717, 1.165) is 5.56 Å². The van der Waals surface area contributed by atoms with Gasteiger partial charge in [0, 0.05) is 17.4 Å². The van der Waals surface area contributed by atoms with Crippen LogP contribution in [0.4, 0.5) is 9.52 Å². The minimum Gasteiger partial charge on any atom is -0.448 e. The Morgan fingerprint density at radius 3 is 2.92 bits per heavy atom. The third-order valence-electron chi connectivity index (χ3n) is 4.04. The number of nitrogens with one attached hydrogen (secondary N) is 1. The molecule has 130 valence electrons. The summed E-state index contributed by atoms with van der Waals surface area (Å²) in [6.45, 7) is 0. The first-order valence-electron chi connectivity index (χ1n) is 7.91. The largest absolute Gasteiger partial charge is 0.448 e. The van der Waals surface area contributed by atoms with E-state index in [2.05, 4.69) is 10.3 Å². The van der Waals surface area contributed by atoms with Crippen LogP contribution in [0, 0.1) is 5.82 Å². The SMILES string of the molecule is O=C1OC(C(=O)Nc2nc(-c3cccc(F)c3)cs2)Cc2ccccc21. The van der Waals surface area contributed by atoms with Crippen molar-refractivity contribution in [2.24, 2.45) is 0 Å². The number of carbonyl (C=O) groups excluding carboxylic acids is 2. The number of hydrogen-bond donors (Lipinski definition) is 1. The number of nitrogens with zero attached hydrogens (tertiary/aromatic N) is 1. The van der Waals surface area contributed by atoms with Crippen LogP contribution in [-0.4, -0.2) is 23.0 Å². The molecule has 0 fully saturated rings. The highest BCUT2D eigenvalue weighted by Gasteiger charge is 2.31. The van der Waals surface area contributed by atoms with Gasteiger partial charge < -0.3 is 4.74 Å². The summed E-state index contributed by atoms with van der Waals surface area (Å²) in [5.74, 6) is -1.30. The second-order valence-electron chi connectivity index (χ2n) is 5.79. The Labute approximate surface area is 152 Å². The molecule has 7 heteroatoms. The molecule has 1 amide bonds. The molecule has 1 unspecified atom stereocenters. The third kappa shape index (κ3) is 3.21. The average molecular weight is 368 g/mol. The number of fused-ring (bicyclic) bond motifs is 1. The first-order chi connectivity index (χ1) is 12.6. The molecule has 0 saturated carbocycles. The van der Waals surface area contributed by atoms with Crippen molar-refractivity contribution in [3.63, 3.8) is 0 Å². The zero-order chi connectivity index (χ0) is 18.1. The number of anilines is 1. The van der Waals surface area contributed by atoms with Crippen molar-refractivity contribution < 1.29 is 18.7 Å². The predicted octanol–water partition coefficient (Wildman–Crippen LogP) is 3.67. The van der Waals surface area contributed by atoms with Crippen LogP contribution < -0.4 is 5.32 Å². The van der Waals surface area contributed by atoms with E-state index in [1.807, 2.05) is 12.1 Å². The van der Waals surface area contributed by atoms with Gasteiger partial charge in [0.1, 0.15) is 5.82 Å². The first kappa shape index (κ1) is 16.4. The molecule has 26 heavy (non-hydrogen) atoms. The normalized spacial score (nSPS) is 15.9. The smallest absolute Gasteiger partial charge is 0.339 e. The fourth-order valence-corrected chi connectivity index (χ4v) is 3.50. The highest BCUT2D eigenvalue weighted by atomic mass is 32.1. The summed E-state index contributed by atoms with van der Waals surface area (Å²) in [6, 6.07) is 13.1. The summed E-state index contributed by atoms with van der Waals surface area (Å²) >= 11 is 1.22. The number of amides is 1. The van der Waals surface area contributed by atoms with Crippen molar-refractivity contribution in [1.82, 2.24) is 4.98 Å². The lowest BCUT2D eigenvalue weighted by atomic mass is 9.98. The van der Waals surface area contributed by atoms with Gasteiger partial charge in [0.2, 0.25) is 0 Å². The molecule has 2 aromatic carbocycles. The van der Waals surface area contributed by atoms with Gasteiger partial charge in [-0.25, -0.2) is 14.2 Å². The van der Waals surface area contributed by atoms with Crippen molar-refractivity contribution in [3.05, 3.63) is 70.9 Å². The number of cyclic esters (lactones) is 1. The molecular weight excluding hydrogens is 355 g/mol. The lowest BCUT2D eigenvalue weighted by Gasteiger charge is -2.23. The molecule has 3 aromatic rings. The highest BCUT2D eigenvalue weighted by molar-refractivity contribution is 7.14. The number of benzene rings is 2. The molecule has 4 rings (SSSR count). The zero-order valence-corrected chi connectivity index (χ0v) is 14.3. The van der Waals surface area contributed by atoms with Gasteiger partial charge in [0.25, 0.3) is 5.91 Å². The van der Waals surface area contributed by atoms with E-state index in [1.165, 1.54) is 23.5 Å². The van der Waals surface area contributed by atoms with Crippen molar-refractivity contribution in [1.29, 1.82) is 0 Å². The van der Waals surface area contributed by atoms with Crippen LogP contribution in [-0.2, 0) is 16.0 Å². The molecule has 1 aliphatic heterocycles. The number of aromatic nitrogens is 1. The van der Waals surface area contributed by atoms with Crippen molar-refractivity contribution in [3.8, 4) is 11.3 Å². The van der Waals surface area contributed by atoms with E-state index < -0.39 is 18.0 Å². The van der Waals surface area contributed by atoms with Crippen molar-refractivity contribution in [2.75, 3.05) is 5.32 Å². The minimum absolute atomic E-state index is 0.315. The van der Waals surface area contributed by atoms with Crippen LogP contribution in [0.2, 0.25) is 0 Å². The molecule has 0 saturated heterocycles. The fraction of sp³-hybridized carbons (Fsp3) is 0.105. The summed E-state index contributed by atoms with van der Waals surface area (Å²) in [5, 5.41) is 4.76. The number of halogens is 1. The van der Waals surface area contributed by atoms with E-state index >= 15 is 0 Å². The Balaban J connectivity index is 1.49. The molecule has 1 aromatic heterocycles. The molecule has 1 N–H and O–H groups in total. The third-order valence-corrected chi connectivity index (χ3v) is 4.80. The van der Waals surface area contributed by atoms with Crippen molar-refractivity contribution >= 4 is 28.3 Å². The van der Waals surface area contributed by atoms with E-state index in [4.69, 9.17) is 4.74 Å². The van der Waals surface area contributed by atoms with Crippen LogP contribution in [0.5, 0.6) is 0 Å². The predicted molar refractivity (Wildman–Crippen MR) is 95.5 cm³/mol. The Hall–Kier alpha value is -3.06. The fourth-order valence-electron chi connectivity index (χ4n) is 2.78. The van der Waals surface area contributed by atoms with Gasteiger partial charge >= 0.3 is 5.97 Å². The molecule has 1 atom stereocenters. The summed E-state index contributed by atoms with van der Waals surface area (Å²) in [5.41, 5.74) is 2.46. The molecule has 0 spiro atoms. The molecule has 1 aliphatic rings. The van der Waals surface area contributed by atoms with Crippen LogP contribution >= 0.6 is 11.3 Å². The van der Waals surface area contributed by atoms with Gasteiger partial charge in [-0.1, -0.05) is 30.3 Å². The standard InChI is InChI=1S/C19H13FN2O3S/c20-13-6-3-5-12(8-13)15-10-26-19(21-15)22-17(23)16-9-11-4-1-2-7-14(11)18(24)25-16/h1-8,10,16H,9H2,(H,21,22,23). The molecular formula is C19H13FN2O3S. The molecule has 2 heterocycles. The van der Waals surface area contributed by atoms with Gasteiger partial charge in [-0.05, 0) is 23.8 Å². The topological polar surface area (TPSA) is 68.3 Å². The Kier molecular flexibility index (Phi) is 4.22. The highest BCUT2D eigenvalue weighted by Crippen LogP contribution is 2.26. The van der Waals surface area contributed by atoms with Crippen LogP contribution in [0.1, 0.15) is 15.9 Å². The molecule has 0 bridgehead atoms. The lowest BCUT2D eigenvalue weighted by molar-refractivity contribution is -0.125. The second-order valence-corrected chi connectivity index (χ2v) is 6.65. The summed E-state index contributed by atoms with van der Waals surface area (Å²) in [4.78, 5) is 28.8. The van der Waals surface area contributed by atoms with Crippen LogP contribution in [0.3, 0.4) is 0 Å². The first-order valence-corrected chi connectivity index (χ1v) is 8.79. The monoisotopic (exact) mass is 368 g/mol. The number of esters is 1. The number of ether oxygens (including phenoxy) is 1. The zero-order valence-electron chi connectivity index (χ0n) is 13.4. The van der Waals surface area contributed by atoms with E-state index in [1.54, 1.807) is 29.6 Å². The number of thiazole rings is 1. The molecule has 0 aliphatic carbocycles.